The van der Waals surface area contributed by atoms with Crippen LogP contribution in [0.1, 0.15) is 22.8 Å². The largest absolute Gasteiger partial charge is 0.274 e. The van der Waals surface area contributed by atoms with E-state index in [4.69, 9.17) is 0 Å². The van der Waals surface area contributed by atoms with E-state index in [-0.39, 0.29) is 11.3 Å². The summed E-state index contributed by atoms with van der Waals surface area (Å²) in [6.07, 6.45) is 0. The molecule has 0 saturated carbocycles. The van der Waals surface area contributed by atoms with Gasteiger partial charge in [0.1, 0.15) is 0 Å². The Morgan fingerprint density at radius 3 is 2.46 bits per heavy atom. The molecule has 8 heteroatoms. The van der Waals surface area contributed by atoms with E-state index in [0.29, 0.717) is 10.6 Å². The number of nitrogens with one attached hydrogen (secondary N) is 2. The molecule has 0 saturated heterocycles. The van der Waals surface area contributed by atoms with Crippen molar-refractivity contribution in [1.82, 2.24) is 10.9 Å². The van der Waals surface area contributed by atoms with E-state index < -0.39 is 16.7 Å². The van der Waals surface area contributed by atoms with E-state index in [0.717, 1.165) is 5.56 Å². The summed E-state index contributed by atoms with van der Waals surface area (Å²) in [6, 6.07) is 13.5. The zero-order chi connectivity index (χ0) is 17.5. The van der Waals surface area contributed by atoms with Crippen molar-refractivity contribution in [1.29, 1.82) is 0 Å². The molecule has 0 radical (unpaired) electrons. The number of hydrazine groups is 1. The van der Waals surface area contributed by atoms with Crippen LogP contribution in [0.15, 0.2) is 53.4 Å². The Kier molecular flexibility index (Phi) is 5.91. The normalized spacial score (nSPS) is 10.0. The number of hydrogen-bond acceptors (Lipinski definition) is 5. The number of carbonyl (C=O) groups excluding carboxylic acids is 2. The molecule has 0 heterocycles. The molecule has 0 aliphatic heterocycles. The minimum absolute atomic E-state index is 0.0957. The van der Waals surface area contributed by atoms with E-state index in [9.17, 15) is 19.7 Å². The van der Waals surface area contributed by atoms with Crippen molar-refractivity contribution < 1.29 is 14.5 Å². The van der Waals surface area contributed by atoms with Gasteiger partial charge in [-0.1, -0.05) is 30.3 Å². The summed E-state index contributed by atoms with van der Waals surface area (Å²) in [7, 11) is 0. The second kappa shape index (κ2) is 8.11. The lowest BCUT2D eigenvalue weighted by Gasteiger charge is -2.10. The monoisotopic (exact) mass is 345 g/mol. The second-order valence-corrected chi connectivity index (χ2v) is 5.86. The van der Waals surface area contributed by atoms with Crippen LogP contribution in [0.5, 0.6) is 0 Å². The third kappa shape index (κ3) is 4.82. The molecule has 2 rings (SSSR count). The molecule has 0 fully saturated rings. The van der Waals surface area contributed by atoms with Gasteiger partial charge in [-0.2, -0.15) is 0 Å². The van der Waals surface area contributed by atoms with Gasteiger partial charge in [-0.25, -0.2) is 0 Å². The molecule has 0 aliphatic carbocycles. The summed E-state index contributed by atoms with van der Waals surface area (Å²) in [6.45, 7) is 1.27. The number of benzene rings is 2. The van der Waals surface area contributed by atoms with Gasteiger partial charge < -0.3 is 0 Å². The Balaban J connectivity index is 2.23. The van der Waals surface area contributed by atoms with Crippen LogP contribution in [0.4, 0.5) is 5.69 Å². The van der Waals surface area contributed by atoms with Gasteiger partial charge in [0.2, 0.25) is 5.91 Å². The summed E-state index contributed by atoms with van der Waals surface area (Å²) in [5.41, 5.74) is 5.66. The summed E-state index contributed by atoms with van der Waals surface area (Å²) < 4.78 is 0. The zero-order valence-corrected chi connectivity index (χ0v) is 13.6. The zero-order valence-electron chi connectivity index (χ0n) is 12.8. The number of nitro benzene ring substituents is 1. The number of non-ortho nitro benzene ring substituents is 1. The molecule has 2 aromatic rings. The highest BCUT2D eigenvalue weighted by molar-refractivity contribution is 7.98. The number of nitrogens with zero attached hydrogens (tertiary/aromatic N) is 1. The molecule has 2 amide bonds. The third-order valence-corrected chi connectivity index (χ3v) is 4.14. The summed E-state index contributed by atoms with van der Waals surface area (Å²) in [5.74, 6) is -0.387. The smallest absolute Gasteiger partial charge is 0.270 e. The number of nitro groups is 1. The van der Waals surface area contributed by atoms with Gasteiger partial charge >= 0.3 is 0 Å². The number of carbonyl (C=O) groups is 2. The molecule has 124 valence electrons. The van der Waals surface area contributed by atoms with Gasteiger partial charge in [-0.05, 0) is 11.6 Å². The van der Waals surface area contributed by atoms with Crippen molar-refractivity contribution in [2.45, 2.75) is 17.6 Å². The Hall–Kier alpha value is -2.87. The van der Waals surface area contributed by atoms with Gasteiger partial charge in [0.25, 0.3) is 11.6 Å². The Bertz CT molecular complexity index is 765. The lowest BCUT2D eigenvalue weighted by atomic mass is 10.2. The SMILES string of the molecule is CC(=O)NNC(=O)c1ccc([N+](=O)[O-])cc1SCc1ccccc1. The number of thioether (sulfide) groups is 1. The molecule has 24 heavy (non-hydrogen) atoms. The fourth-order valence-electron chi connectivity index (χ4n) is 1.88. The maximum absolute atomic E-state index is 12.2. The molecule has 0 unspecified atom stereocenters. The minimum atomic E-state index is -0.532. The maximum Gasteiger partial charge on any atom is 0.270 e. The predicted molar refractivity (Wildman–Crippen MR) is 90.4 cm³/mol. The Morgan fingerprint density at radius 2 is 1.83 bits per heavy atom. The number of amides is 2. The fraction of sp³-hybridized carbons (Fsp3) is 0.125. The standard InChI is InChI=1S/C16H15N3O4S/c1-11(20)17-18-16(21)14-8-7-13(19(22)23)9-15(14)24-10-12-5-3-2-4-6-12/h2-9H,10H2,1H3,(H,17,20)(H,18,21). The van der Waals surface area contributed by atoms with Gasteiger partial charge in [0.15, 0.2) is 0 Å². The lowest BCUT2D eigenvalue weighted by molar-refractivity contribution is -0.385. The van der Waals surface area contributed by atoms with Crippen LogP contribution in [-0.4, -0.2) is 16.7 Å². The van der Waals surface area contributed by atoms with E-state index in [1.807, 2.05) is 30.3 Å². The summed E-state index contributed by atoms with van der Waals surface area (Å²) in [5, 5.41) is 11.0. The van der Waals surface area contributed by atoms with Crippen LogP contribution < -0.4 is 10.9 Å². The first-order chi connectivity index (χ1) is 11.5. The third-order valence-electron chi connectivity index (χ3n) is 3.01. The predicted octanol–water partition coefficient (Wildman–Crippen LogP) is 2.67. The van der Waals surface area contributed by atoms with E-state index in [2.05, 4.69) is 10.9 Å². The number of rotatable bonds is 5. The highest BCUT2D eigenvalue weighted by Gasteiger charge is 2.17. The second-order valence-electron chi connectivity index (χ2n) is 4.85. The fourth-order valence-corrected chi connectivity index (χ4v) is 2.91. The van der Waals surface area contributed by atoms with E-state index in [1.54, 1.807) is 0 Å². The van der Waals surface area contributed by atoms with Crippen LogP contribution in [0, 0.1) is 10.1 Å². The van der Waals surface area contributed by atoms with Crippen molar-refractivity contribution in [3.8, 4) is 0 Å². The highest BCUT2D eigenvalue weighted by atomic mass is 32.2. The van der Waals surface area contributed by atoms with Gasteiger partial charge in [0, 0.05) is 29.7 Å². The first-order valence-corrected chi connectivity index (χ1v) is 7.98. The van der Waals surface area contributed by atoms with Crippen molar-refractivity contribution in [3.63, 3.8) is 0 Å². The summed E-state index contributed by atoms with van der Waals surface area (Å²) in [4.78, 5) is 34.0. The average Bonchev–Trinajstić information content (AvgIpc) is 2.58. The molecule has 0 bridgehead atoms. The molecule has 0 aromatic heterocycles. The Morgan fingerprint density at radius 1 is 1.12 bits per heavy atom. The molecule has 7 nitrogen and oxygen atoms in total. The molecule has 0 atom stereocenters. The molecule has 2 aromatic carbocycles. The van der Waals surface area contributed by atoms with Crippen LogP contribution in [0.25, 0.3) is 0 Å². The van der Waals surface area contributed by atoms with Crippen LogP contribution in [0.2, 0.25) is 0 Å². The molecular weight excluding hydrogens is 330 g/mol. The van der Waals surface area contributed by atoms with Crippen LogP contribution in [0.3, 0.4) is 0 Å². The van der Waals surface area contributed by atoms with Gasteiger partial charge in [0.05, 0.1) is 10.5 Å². The molecule has 2 N–H and O–H groups in total. The van der Waals surface area contributed by atoms with Crippen molar-refractivity contribution in [2.75, 3.05) is 0 Å². The van der Waals surface area contributed by atoms with Crippen molar-refractivity contribution in [3.05, 3.63) is 69.8 Å². The van der Waals surface area contributed by atoms with Gasteiger partial charge in [-0.15, -0.1) is 11.8 Å². The maximum atomic E-state index is 12.2. The quantitative estimate of drug-likeness (QED) is 0.493. The first-order valence-electron chi connectivity index (χ1n) is 6.99. The van der Waals surface area contributed by atoms with Crippen molar-refractivity contribution in [2.24, 2.45) is 0 Å². The molecule has 0 spiro atoms. The summed E-state index contributed by atoms with van der Waals surface area (Å²) >= 11 is 1.32. The van der Waals surface area contributed by atoms with Crippen LogP contribution in [-0.2, 0) is 10.5 Å². The minimum Gasteiger partial charge on any atom is -0.274 e. The highest BCUT2D eigenvalue weighted by Crippen LogP contribution is 2.30. The molecule has 0 aliphatic rings. The average molecular weight is 345 g/mol. The first kappa shape index (κ1) is 17.5. The van der Waals surface area contributed by atoms with E-state index >= 15 is 0 Å². The molecular formula is C16H15N3O4S. The topological polar surface area (TPSA) is 101 Å². The Labute approximate surface area is 142 Å². The van der Waals surface area contributed by atoms with Crippen molar-refractivity contribution >= 4 is 29.3 Å². The van der Waals surface area contributed by atoms with E-state index in [1.165, 1.54) is 36.9 Å². The lowest BCUT2D eigenvalue weighted by Crippen LogP contribution is -2.40. The van der Waals surface area contributed by atoms with Gasteiger partial charge in [-0.3, -0.25) is 30.6 Å². The van der Waals surface area contributed by atoms with Crippen LogP contribution >= 0.6 is 11.8 Å². The number of hydrogen-bond donors (Lipinski definition) is 2.